The maximum absolute atomic E-state index is 12.6. The van der Waals surface area contributed by atoms with Crippen molar-refractivity contribution in [2.75, 3.05) is 26.2 Å². The van der Waals surface area contributed by atoms with E-state index in [1.807, 2.05) is 43.0 Å². The molecule has 1 saturated heterocycles. The van der Waals surface area contributed by atoms with Crippen LogP contribution in [0.3, 0.4) is 0 Å². The maximum atomic E-state index is 12.6. The van der Waals surface area contributed by atoms with Crippen LogP contribution in [-0.2, 0) is 10.2 Å². The largest absolute Gasteiger partial charge is 0.339 e. The van der Waals surface area contributed by atoms with Gasteiger partial charge in [-0.25, -0.2) is 0 Å². The zero-order valence-corrected chi connectivity index (χ0v) is 12.5. The van der Waals surface area contributed by atoms with E-state index >= 15 is 0 Å². The zero-order chi connectivity index (χ0) is 13.2. The topological polar surface area (TPSA) is 32.3 Å². The van der Waals surface area contributed by atoms with E-state index in [4.69, 9.17) is 0 Å². The molecule has 1 N–H and O–H groups in total. The number of carbonyl (C=O) groups is 1. The van der Waals surface area contributed by atoms with Crippen molar-refractivity contribution >= 4 is 21.8 Å². The quantitative estimate of drug-likeness (QED) is 0.908. The summed E-state index contributed by atoms with van der Waals surface area (Å²) in [5, 5.41) is 3.27. The summed E-state index contributed by atoms with van der Waals surface area (Å²) in [6.07, 6.45) is 0. The van der Waals surface area contributed by atoms with Crippen LogP contribution in [0.1, 0.15) is 19.4 Å². The molecule has 1 aromatic rings. The fourth-order valence-corrected chi connectivity index (χ4v) is 2.66. The van der Waals surface area contributed by atoms with Crippen LogP contribution >= 0.6 is 15.9 Å². The van der Waals surface area contributed by atoms with Crippen LogP contribution in [0.2, 0.25) is 0 Å². The Morgan fingerprint density at radius 2 is 2.00 bits per heavy atom. The van der Waals surface area contributed by atoms with Gasteiger partial charge in [0, 0.05) is 30.7 Å². The number of piperazine rings is 1. The van der Waals surface area contributed by atoms with Gasteiger partial charge in [0.1, 0.15) is 0 Å². The Labute approximate surface area is 117 Å². The average molecular weight is 311 g/mol. The van der Waals surface area contributed by atoms with E-state index in [1.165, 1.54) is 0 Å². The lowest BCUT2D eigenvalue weighted by molar-refractivity contribution is -0.136. The summed E-state index contributed by atoms with van der Waals surface area (Å²) < 4.78 is 1.01. The minimum absolute atomic E-state index is 0.210. The van der Waals surface area contributed by atoms with E-state index in [0.29, 0.717) is 0 Å². The number of nitrogens with one attached hydrogen (secondary N) is 1. The van der Waals surface area contributed by atoms with E-state index in [1.54, 1.807) is 0 Å². The van der Waals surface area contributed by atoms with Crippen molar-refractivity contribution in [2.24, 2.45) is 0 Å². The molecule has 0 bridgehead atoms. The van der Waals surface area contributed by atoms with Crippen molar-refractivity contribution in [3.8, 4) is 0 Å². The highest BCUT2D eigenvalue weighted by molar-refractivity contribution is 9.10. The van der Waals surface area contributed by atoms with Crippen LogP contribution in [0.25, 0.3) is 0 Å². The third-order valence-electron chi connectivity index (χ3n) is 3.49. The molecular weight excluding hydrogens is 292 g/mol. The highest BCUT2D eigenvalue weighted by atomic mass is 79.9. The van der Waals surface area contributed by atoms with Gasteiger partial charge in [-0.2, -0.15) is 0 Å². The monoisotopic (exact) mass is 310 g/mol. The number of carbonyl (C=O) groups excluding carboxylic acids is 1. The highest BCUT2D eigenvalue weighted by Gasteiger charge is 2.34. The van der Waals surface area contributed by atoms with Gasteiger partial charge in [-0.1, -0.05) is 28.1 Å². The number of halogens is 1. The Hall–Kier alpha value is -0.870. The van der Waals surface area contributed by atoms with Gasteiger partial charge in [0.2, 0.25) is 5.91 Å². The smallest absolute Gasteiger partial charge is 0.232 e. The molecule has 0 aliphatic carbocycles. The Morgan fingerprint density at radius 3 is 2.61 bits per heavy atom. The molecule has 2 rings (SSSR count). The van der Waals surface area contributed by atoms with Gasteiger partial charge in [-0.05, 0) is 31.5 Å². The first kappa shape index (κ1) is 13.6. The van der Waals surface area contributed by atoms with Crippen molar-refractivity contribution in [2.45, 2.75) is 19.3 Å². The number of rotatable bonds is 2. The summed E-state index contributed by atoms with van der Waals surface area (Å²) in [5.74, 6) is 0.210. The Kier molecular flexibility index (Phi) is 4.07. The van der Waals surface area contributed by atoms with Gasteiger partial charge in [-0.3, -0.25) is 4.79 Å². The molecule has 1 aliphatic rings. The van der Waals surface area contributed by atoms with E-state index in [2.05, 4.69) is 21.2 Å². The van der Waals surface area contributed by atoms with Gasteiger partial charge in [0.25, 0.3) is 0 Å². The van der Waals surface area contributed by atoms with Crippen molar-refractivity contribution in [1.82, 2.24) is 10.2 Å². The van der Waals surface area contributed by atoms with Crippen molar-refractivity contribution < 1.29 is 4.79 Å². The molecule has 0 spiro atoms. The molecule has 18 heavy (non-hydrogen) atoms. The van der Waals surface area contributed by atoms with E-state index in [9.17, 15) is 4.79 Å². The standard InChI is InChI=1S/C14H19BrN2O/c1-14(2,11-4-3-5-12(15)10-11)13(18)17-8-6-16-7-9-17/h3-5,10,16H,6-9H2,1-2H3. The van der Waals surface area contributed by atoms with Gasteiger partial charge in [0.05, 0.1) is 5.41 Å². The third-order valence-corrected chi connectivity index (χ3v) is 3.98. The normalized spacial score (nSPS) is 16.7. The van der Waals surface area contributed by atoms with Crippen molar-refractivity contribution in [3.63, 3.8) is 0 Å². The second kappa shape index (κ2) is 5.41. The minimum Gasteiger partial charge on any atom is -0.339 e. The molecule has 0 atom stereocenters. The molecule has 0 saturated carbocycles. The Balaban J connectivity index is 2.21. The Morgan fingerprint density at radius 1 is 1.33 bits per heavy atom. The Bertz CT molecular complexity index is 439. The lowest BCUT2D eigenvalue weighted by Gasteiger charge is -2.35. The first-order valence-corrected chi connectivity index (χ1v) is 7.07. The molecule has 1 heterocycles. The summed E-state index contributed by atoms with van der Waals surface area (Å²) in [6, 6.07) is 8.01. The first-order chi connectivity index (χ1) is 8.51. The maximum Gasteiger partial charge on any atom is 0.232 e. The number of hydrogen-bond acceptors (Lipinski definition) is 2. The molecule has 1 aliphatic heterocycles. The van der Waals surface area contributed by atoms with Gasteiger partial charge >= 0.3 is 0 Å². The van der Waals surface area contributed by atoms with Crippen LogP contribution in [0.15, 0.2) is 28.7 Å². The van der Waals surface area contributed by atoms with Crippen molar-refractivity contribution in [1.29, 1.82) is 0 Å². The minimum atomic E-state index is -0.471. The molecular formula is C14H19BrN2O. The van der Waals surface area contributed by atoms with Crippen LogP contribution in [0.5, 0.6) is 0 Å². The van der Waals surface area contributed by atoms with Crippen LogP contribution < -0.4 is 5.32 Å². The summed E-state index contributed by atoms with van der Waals surface area (Å²) in [7, 11) is 0. The van der Waals surface area contributed by atoms with E-state index < -0.39 is 5.41 Å². The highest BCUT2D eigenvalue weighted by Crippen LogP contribution is 2.28. The zero-order valence-electron chi connectivity index (χ0n) is 10.9. The molecule has 4 heteroatoms. The van der Waals surface area contributed by atoms with Crippen molar-refractivity contribution in [3.05, 3.63) is 34.3 Å². The predicted octanol–water partition coefficient (Wildman–Crippen LogP) is 2.16. The first-order valence-electron chi connectivity index (χ1n) is 6.28. The SMILES string of the molecule is CC(C)(C(=O)N1CCNCC1)c1cccc(Br)c1. The summed E-state index contributed by atoms with van der Waals surface area (Å²) in [5.41, 5.74) is 0.585. The molecule has 1 fully saturated rings. The molecule has 1 amide bonds. The predicted molar refractivity (Wildman–Crippen MR) is 76.6 cm³/mol. The number of hydrogen-bond donors (Lipinski definition) is 1. The van der Waals surface area contributed by atoms with Gasteiger partial charge in [-0.15, -0.1) is 0 Å². The average Bonchev–Trinajstić information content (AvgIpc) is 2.39. The van der Waals surface area contributed by atoms with E-state index in [-0.39, 0.29) is 5.91 Å². The van der Waals surface area contributed by atoms with Crippen LogP contribution in [0.4, 0.5) is 0 Å². The van der Waals surface area contributed by atoms with E-state index in [0.717, 1.165) is 36.2 Å². The molecule has 3 nitrogen and oxygen atoms in total. The van der Waals surface area contributed by atoms with Crippen LogP contribution in [-0.4, -0.2) is 37.0 Å². The fourth-order valence-electron chi connectivity index (χ4n) is 2.26. The number of nitrogens with zero attached hydrogens (tertiary/aromatic N) is 1. The molecule has 0 aromatic heterocycles. The third kappa shape index (κ3) is 2.75. The fraction of sp³-hybridized carbons (Fsp3) is 0.500. The lowest BCUT2D eigenvalue weighted by Crippen LogP contribution is -2.51. The van der Waals surface area contributed by atoms with Gasteiger partial charge in [0.15, 0.2) is 0 Å². The summed E-state index contributed by atoms with van der Waals surface area (Å²) in [4.78, 5) is 14.6. The summed E-state index contributed by atoms with van der Waals surface area (Å²) in [6.45, 7) is 7.38. The second-order valence-electron chi connectivity index (χ2n) is 5.18. The summed E-state index contributed by atoms with van der Waals surface area (Å²) >= 11 is 3.46. The number of benzene rings is 1. The van der Waals surface area contributed by atoms with Gasteiger partial charge < -0.3 is 10.2 Å². The molecule has 1 aromatic carbocycles. The number of amides is 1. The van der Waals surface area contributed by atoms with Crippen LogP contribution in [0, 0.1) is 0 Å². The second-order valence-corrected chi connectivity index (χ2v) is 6.09. The molecule has 98 valence electrons. The lowest BCUT2D eigenvalue weighted by atomic mass is 9.83. The molecule has 0 radical (unpaired) electrons. The molecule has 0 unspecified atom stereocenters.